The number of carbonyl (C=O) groups is 2. The largest absolute Gasteiger partial charge is 0.443 e. The molecule has 0 aliphatic carbocycles. The molecule has 1 aromatic carbocycles. The monoisotopic (exact) mass is 451 g/mol. The fraction of sp³-hybridized carbons (Fsp3) is 0.333. The standard InChI is InChI=1S/C21H25N9O3/c1-4-23-20-24-11-17-18(25-20)28(3)8-9-29(19(17)31)15-6-5-7-16(10-15)30-12-14(26-27-30)13-33-21(32)22-2/h5-7,10-12H,4,8-9,13H2,1-3H3,(H,22,32)(H,23,24,25). The Morgan fingerprint density at radius 2 is 2.06 bits per heavy atom. The lowest BCUT2D eigenvalue weighted by molar-refractivity contribution is 0.0989. The summed E-state index contributed by atoms with van der Waals surface area (Å²) in [5.74, 6) is 0.920. The van der Waals surface area contributed by atoms with E-state index in [0.717, 1.165) is 5.69 Å². The number of alkyl carbamates (subject to hydrolysis) is 1. The number of likely N-dealkylation sites (N-methyl/N-ethyl adjacent to an activating group) is 1. The molecule has 12 heteroatoms. The Hall–Kier alpha value is -4.22. The molecule has 3 aromatic rings. The van der Waals surface area contributed by atoms with Gasteiger partial charge in [0.2, 0.25) is 5.95 Å². The van der Waals surface area contributed by atoms with Crippen LogP contribution in [0.3, 0.4) is 0 Å². The first-order chi connectivity index (χ1) is 16.0. The van der Waals surface area contributed by atoms with Crippen molar-refractivity contribution in [3.05, 3.63) is 47.9 Å². The van der Waals surface area contributed by atoms with Crippen LogP contribution in [0, 0.1) is 0 Å². The van der Waals surface area contributed by atoms with Crippen molar-refractivity contribution in [3.63, 3.8) is 0 Å². The summed E-state index contributed by atoms with van der Waals surface area (Å²) in [5.41, 5.74) is 2.37. The zero-order chi connectivity index (χ0) is 23.4. The van der Waals surface area contributed by atoms with Gasteiger partial charge in [0.25, 0.3) is 5.91 Å². The van der Waals surface area contributed by atoms with Crippen molar-refractivity contribution in [1.29, 1.82) is 0 Å². The number of ether oxygens (including phenoxy) is 1. The number of carbonyl (C=O) groups excluding carboxylic acids is 2. The van der Waals surface area contributed by atoms with E-state index >= 15 is 0 Å². The summed E-state index contributed by atoms with van der Waals surface area (Å²) in [5, 5.41) is 13.6. The lowest BCUT2D eigenvalue weighted by atomic mass is 10.2. The number of nitrogens with zero attached hydrogens (tertiary/aromatic N) is 7. The van der Waals surface area contributed by atoms with E-state index in [1.165, 1.54) is 7.05 Å². The topological polar surface area (TPSA) is 130 Å². The maximum absolute atomic E-state index is 13.4. The van der Waals surface area contributed by atoms with E-state index in [1.54, 1.807) is 22.0 Å². The number of hydrogen-bond donors (Lipinski definition) is 2. The quantitative estimate of drug-likeness (QED) is 0.572. The van der Waals surface area contributed by atoms with Gasteiger partial charge in [-0.2, -0.15) is 4.98 Å². The van der Waals surface area contributed by atoms with Crippen LogP contribution in [-0.2, 0) is 11.3 Å². The van der Waals surface area contributed by atoms with Crippen molar-refractivity contribution in [2.75, 3.05) is 48.8 Å². The van der Waals surface area contributed by atoms with E-state index in [9.17, 15) is 9.59 Å². The molecule has 33 heavy (non-hydrogen) atoms. The van der Waals surface area contributed by atoms with E-state index in [1.807, 2.05) is 43.1 Å². The van der Waals surface area contributed by atoms with E-state index < -0.39 is 6.09 Å². The lowest BCUT2D eigenvalue weighted by Gasteiger charge is -2.21. The molecule has 1 aliphatic heterocycles. The maximum Gasteiger partial charge on any atom is 0.407 e. The third-order valence-corrected chi connectivity index (χ3v) is 5.10. The van der Waals surface area contributed by atoms with Crippen molar-refractivity contribution < 1.29 is 14.3 Å². The summed E-state index contributed by atoms with van der Waals surface area (Å²) < 4.78 is 6.57. The van der Waals surface area contributed by atoms with Crippen molar-refractivity contribution in [3.8, 4) is 5.69 Å². The van der Waals surface area contributed by atoms with Gasteiger partial charge >= 0.3 is 6.09 Å². The van der Waals surface area contributed by atoms with Crippen LogP contribution in [0.1, 0.15) is 23.0 Å². The summed E-state index contributed by atoms with van der Waals surface area (Å²) in [6, 6.07) is 7.43. The average Bonchev–Trinajstić information content (AvgIpc) is 3.27. The van der Waals surface area contributed by atoms with Crippen LogP contribution in [-0.4, -0.2) is 70.7 Å². The number of rotatable bonds is 6. The van der Waals surface area contributed by atoms with Crippen molar-refractivity contribution in [2.45, 2.75) is 13.5 Å². The van der Waals surface area contributed by atoms with Gasteiger partial charge in [-0.3, -0.25) is 4.79 Å². The van der Waals surface area contributed by atoms with Gasteiger partial charge in [0.1, 0.15) is 23.7 Å². The molecule has 0 bridgehead atoms. The third kappa shape index (κ3) is 4.68. The average molecular weight is 451 g/mol. The third-order valence-electron chi connectivity index (χ3n) is 5.10. The highest BCUT2D eigenvalue weighted by molar-refractivity contribution is 6.09. The Morgan fingerprint density at radius 1 is 1.24 bits per heavy atom. The molecule has 2 amide bonds. The summed E-state index contributed by atoms with van der Waals surface area (Å²) in [4.78, 5) is 37.1. The summed E-state index contributed by atoms with van der Waals surface area (Å²) >= 11 is 0. The first-order valence-electron chi connectivity index (χ1n) is 10.5. The lowest BCUT2D eigenvalue weighted by Crippen LogP contribution is -2.33. The van der Waals surface area contributed by atoms with Gasteiger partial charge in [-0.1, -0.05) is 11.3 Å². The van der Waals surface area contributed by atoms with Crippen LogP contribution in [0.25, 0.3) is 5.69 Å². The SMILES string of the molecule is CCNc1ncc2c(n1)N(C)CCN(c1cccc(-n3cc(COC(=O)NC)nn3)c1)C2=O. The predicted octanol–water partition coefficient (Wildman–Crippen LogP) is 1.44. The molecule has 2 N–H and O–H groups in total. The Labute approximate surface area is 190 Å². The molecule has 4 rings (SSSR count). The molecule has 172 valence electrons. The normalized spacial score (nSPS) is 13.4. The molecule has 12 nitrogen and oxygen atoms in total. The van der Waals surface area contributed by atoms with Crippen LogP contribution in [0.2, 0.25) is 0 Å². The van der Waals surface area contributed by atoms with Gasteiger partial charge in [0.05, 0.1) is 11.9 Å². The minimum Gasteiger partial charge on any atom is -0.443 e. The first-order valence-corrected chi connectivity index (χ1v) is 10.5. The Bertz CT molecular complexity index is 1160. The van der Waals surface area contributed by atoms with E-state index in [4.69, 9.17) is 4.74 Å². The minimum atomic E-state index is -0.543. The molecular weight excluding hydrogens is 426 g/mol. The molecule has 3 heterocycles. The zero-order valence-electron chi connectivity index (χ0n) is 18.6. The molecular formula is C21H25N9O3. The molecule has 0 radical (unpaired) electrons. The van der Waals surface area contributed by atoms with Crippen LogP contribution < -0.4 is 20.4 Å². The molecule has 0 saturated heterocycles. The van der Waals surface area contributed by atoms with Gasteiger partial charge < -0.3 is 25.2 Å². The van der Waals surface area contributed by atoms with Gasteiger partial charge in [0.15, 0.2) is 0 Å². The zero-order valence-corrected chi connectivity index (χ0v) is 18.6. The summed E-state index contributed by atoms with van der Waals surface area (Å²) in [6.07, 6.45) is 2.70. The molecule has 0 spiro atoms. The van der Waals surface area contributed by atoms with Crippen molar-refractivity contribution >= 4 is 29.5 Å². The summed E-state index contributed by atoms with van der Waals surface area (Å²) in [6.45, 7) is 3.75. The van der Waals surface area contributed by atoms with E-state index in [2.05, 4.69) is 30.9 Å². The minimum absolute atomic E-state index is 0.00195. The highest BCUT2D eigenvalue weighted by Crippen LogP contribution is 2.27. The Balaban J connectivity index is 1.59. The Kier molecular flexibility index (Phi) is 6.33. The van der Waals surface area contributed by atoms with Gasteiger partial charge in [0, 0.05) is 45.6 Å². The highest BCUT2D eigenvalue weighted by Gasteiger charge is 2.28. The number of nitrogens with one attached hydrogen (secondary N) is 2. The number of amides is 2. The first kappa shape index (κ1) is 22.0. The smallest absolute Gasteiger partial charge is 0.407 e. The van der Waals surface area contributed by atoms with Crippen LogP contribution >= 0.6 is 0 Å². The molecule has 2 aromatic heterocycles. The van der Waals surface area contributed by atoms with Crippen LogP contribution in [0.15, 0.2) is 36.7 Å². The summed E-state index contributed by atoms with van der Waals surface area (Å²) in [7, 11) is 3.39. The van der Waals surface area contributed by atoms with Crippen LogP contribution in [0.4, 0.5) is 22.2 Å². The second kappa shape index (κ2) is 9.51. The van der Waals surface area contributed by atoms with Crippen molar-refractivity contribution in [1.82, 2.24) is 30.3 Å². The fourth-order valence-corrected chi connectivity index (χ4v) is 3.41. The van der Waals surface area contributed by atoms with Crippen molar-refractivity contribution in [2.24, 2.45) is 0 Å². The molecule has 0 unspecified atom stereocenters. The second-order valence-electron chi connectivity index (χ2n) is 7.34. The van der Waals surface area contributed by atoms with Gasteiger partial charge in [-0.05, 0) is 25.1 Å². The number of hydrogen-bond acceptors (Lipinski definition) is 9. The van der Waals surface area contributed by atoms with Gasteiger partial charge in [-0.25, -0.2) is 14.5 Å². The number of anilines is 3. The van der Waals surface area contributed by atoms with Gasteiger partial charge in [-0.15, -0.1) is 5.10 Å². The van der Waals surface area contributed by atoms with E-state index in [0.29, 0.717) is 48.3 Å². The Morgan fingerprint density at radius 3 is 2.85 bits per heavy atom. The molecule has 1 aliphatic rings. The number of benzene rings is 1. The number of fused-ring (bicyclic) bond motifs is 1. The van der Waals surface area contributed by atoms with E-state index in [-0.39, 0.29) is 12.5 Å². The second-order valence-corrected chi connectivity index (χ2v) is 7.34. The molecule has 0 fully saturated rings. The number of aromatic nitrogens is 5. The molecule has 0 atom stereocenters. The van der Waals surface area contributed by atoms with Crippen LogP contribution in [0.5, 0.6) is 0 Å². The molecule has 0 saturated carbocycles. The maximum atomic E-state index is 13.4. The predicted molar refractivity (Wildman–Crippen MR) is 122 cm³/mol. The fourth-order valence-electron chi connectivity index (χ4n) is 3.41. The highest BCUT2D eigenvalue weighted by atomic mass is 16.5.